The van der Waals surface area contributed by atoms with Crippen molar-refractivity contribution in [3.63, 3.8) is 0 Å². The molecular weight excluding hydrogens is 174 g/mol. The Bertz CT molecular complexity index is 330. The van der Waals surface area contributed by atoms with Crippen molar-refractivity contribution in [2.45, 2.75) is 33.2 Å². The van der Waals surface area contributed by atoms with Crippen molar-refractivity contribution in [1.29, 1.82) is 0 Å². The van der Waals surface area contributed by atoms with E-state index in [2.05, 4.69) is 0 Å². The van der Waals surface area contributed by atoms with Gasteiger partial charge in [-0.1, -0.05) is 17.7 Å². The van der Waals surface area contributed by atoms with Crippen LogP contribution in [0.5, 0.6) is 0 Å². The summed E-state index contributed by atoms with van der Waals surface area (Å²) >= 11 is 0. The highest BCUT2D eigenvalue weighted by molar-refractivity contribution is 5.75. The quantitative estimate of drug-likeness (QED) is 0.290. The zero-order valence-electron chi connectivity index (χ0n) is 9.24. The van der Waals surface area contributed by atoms with E-state index >= 15 is 0 Å². The SMILES string of the molecule is Cc1ccc(C=[N+]([O-])C(C)(C)C)cc1. The van der Waals surface area contributed by atoms with Crippen molar-refractivity contribution in [1.82, 2.24) is 0 Å². The molecule has 0 bridgehead atoms. The molecule has 0 heterocycles. The second-order valence-corrected chi connectivity index (χ2v) is 4.54. The molecule has 0 aliphatic rings. The lowest BCUT2D eigenvalue weighted by Gasteiger charge is -2.18. The number of aryl methyl sites for hydroxylation is 1. The van der Waals surface area contributed by atoms with Gasteiger partial charge in [-0.15, -0.1) is 0 Å². The summed E-state index contributed by atoms with van der Waals surface area (Å²) in [5.74, 6) is 0. The Balaban J connectivity index is 2.93. The van der Waals surface area contributed by atoms with Crippen LogP contribution in [0.2, 0.25) is 0 Å². The van der Waals surface area contributed by atoms with Crippen LogP contribution in [0.3, 0.4) is 0 Å². The molecule has 1 aromatic carbocycles. The maximum absolute atomic E-state index is 11.6. The average Bonchev–Trinajstić information content (AvgIpc) is 2.07. The van der Waals surface area contributed by atoms with Crippen LogP contribution in [-0.4, -0.2) is 16.5 Å². The van der Waals surface area contributed by atoms with E-state index < -0.39 is 0 Å². The molecule has 0 aromatic heterocycles. The minimum Gasteiger partial charge on any atom is -0.623 e. The molecule has 0 unspecified atom stereocenters. The highest BCUT2D eigenvalue weighted by Gasteiger charge is 2.17. The molecule has 0 saturated carbocycles. The van der Waals surface area contributed by atoms with Crippen molar-refractivity contribution in [3.8, 4) is 0 Å². The van der Waals surface area contributed by atoms with E-state index in [1.165, 1.54) is 5.56 Å². The van der Waals surface area contributed by atoms with Crippen LogP contribution in [-0.2, 0) is 0 Å². The first kappa shape index (κ1) is 10.8. The molecule has 0 N–H and O–H groups in total. The normalized spacial score (nSPS) is 13.0. The third-order valence-electron chi connectivity index (χ3n) is 2.00. The van der Waals surface area contributed by atoms with Gasteiger partial charge in [-0.3, -0.25) is 0 Å². The van der Waals surface area contributed by atoms with E-state index in [1.54, 1.807) is 6.21 Å². The van der Waals surface area contributed by atoms with Gasteiger partial charge in [0.05, 0.1) is 0 Å². The summed E-state index contributed by atoms with van der Waals surface area (Å²) in [6, 6.07) is 7.91. The largest absolute Gasteiger partial charge is 0.623 e. The lowest BCUT2D eigenvalue weighted by atomic mass is 10.1. The van der Waals surface area contributed by atoms with Crippen molar-refractivity contribution < 1.29 is 4.74 Å². The van der Waals surface area contributed by atoms with Crippen molar-refractivity contribution in [2.75, 3.05) is 0 Å². The van der Waals surface area contributed by atoms with Crippen LogP contribution >= 0.6 is 0 Å². The van der Waals surface area contributed by atoms with E-state index in [0.29, 0.717) is 0 Å². The Hall–Kier alpha value is -1.31. The van der Waals surface area contributed by atoms with E-state index in [0.717, 1.165) is 10.3 Å². The summed E-state index contributed by atoms with van der Waals surface area (Å²) in [4.78, 5) is 0. The van der Waals surface area contributed by atoms with Gasteiger partial charge in [0.2, 0.25) is 0 Å². The van der Waals surface area contributed by atoms with Gasteiger partial charge in [0.25, 0.3) is 0 Å². The molecule has 14 heavy (non-hydrogen) atoms. The molecule has 0 saturated heterocycles. The number of nitrogens with zero attached hydrogens (tertiary/aromatic N) is 1. The van der Waals surface area contributed by atoms with E-state index in [-0.39, 0.29) is 5.54 Å². The first-order valence-electron chi connectivity index (χ1n) is 4.77. The lowest BCUT2D eigenvalue weighted by Crippen LogP contribution is -2.29. The fourth-order valence-corrected chi connectivity index (χ4v) is 0.982. The predicted molar refractivity (Wildman–Crippen MR) is 59.7 cm³/mol. The highest BCUT2D eigenvalue weighted by atomic mass is 16.5. The second kappa shape index (κ2) is 3.82. The monoisotopic (exact) mass is 191 g/mol. The molecule has 1 rings (SSSR count). The summed E-state index contributed by atoms with van der Waals surface area (Å²) in [6.45, 7) is 7.71. The minimum atomic E-state index is -0.370. The molecule has 0 aliphatic heterocycles. The van der Waals surface area contributed by atoms with Crippen LogP contribution in [0.1, 0.15) is 31.9 Å². The third kappa shape index (κ3) is 2.87. The molecule has 2 nitrogen and oxygen atoms in total. The topological polar surface area (TPSA) is 26.1 Å². The first-order valence-corrected chi connectivity index (χ1v) is 4.77. The van der Waals surface area contributed by atoms with Gasteiger partial charge in [-0.05, 0) is 19.1 Å². The molecule has 0 amide bonds. The van der Waals surface area contributed by atoms with E-state index in [1.807, 2.05) is 52.0 Å². The molecule has 0 fully saturated rings. The van der Waals surface area contributed by atoms with E-state index in [4.69, 9.17) is 0 Å². The maximum atomic E-state index is 11.6. The summed E-state index contributed by atoms with van der Waals surface area (Å²) < 4.78 is 0.984. The van der Waals surface area contributed by atoms with Crippen LogP contribution in [0.15, 0.2) is 24.3 Å². The molecule has 1 aromatic rings. The van der Waals surface area contributed by atoms with Crippen molar-refractivity contribution in [3.05, 3.63) is 40.6 Å². The molecule has 0 spiro atoms. The van der Waals surface area contributed by atoms with E-state index in [9.17, 15) is 5.21 Å². The zero-order chi connectivity index (χ0) is 10.8. The Morgan fingerprint density at radius 3 is 2.07 bits per heavy atom. The van der Waals surface area contributed by atoms with Gasteiger partial charge in [-0.2, -0.15) is 0 Å². The summed E-state index contributed by atoms with van der Waals surface area (Å²) in [5, 5.41) is 11.6. The number of hydroxylamine groups is 1. The first-order chi connectivity index (χ1) is 6.39. The van der Waals surface area contributed by atoms with Crippen molar-refractivity contribution in [2.24, 2.45) is 0 Å². The minimum absolute atomic E-state index is 0.370. The number of hydrogen-bond donors (Lipinski definition) is 0. The number of benzene rings is 1. The smallest absolute Gasteiger partial charge is 0.182 e. The standard InChI is InChI=1S/C12H17NO/c1-10-5-7-11(8-6-10)9-13(14)12(2,3)4/h5-9H,1-4H3. The van der Waals surface area contributed by atoms with Gasteiger partial charge in [0.15, 0.2) is 11.8 Å². The zero-order valence-corrected chi connectivity index (χ0v) is 9.24. The van der Waals surface area contributed by atoms with Crippen LogP contribution in [0.25, 0.3) is 0 Å². The molecule has 0 atom stereocenters. The summed E-state index contributed by atoms with van der Waals surface area (Å²) in [5.41, 5.74) is 1.78. The van der Waals surface area contributed by atoms with Gasteiger partial charge >= 0.3 is 0 Å². The van der Waals surface area contributed by atoms with Crippen molar-refractivity contribution >= 4 is 6.21 Å². The molecule has 0 aliphatic carbocycles. The molecule has 0 radical (unpaired) electrons. The lowest BCUT2D eigenvalue weighted by molar-refractivity contribution is -0.530. The molecule has 76 valence electrons. The summed E-state index contributed by atoms with van der Waals surface area (Å²) in [6.07, 6.45) is 1.62. The summed E-state index contributed by atoms with van der Waals surface area (Å²) in [7, 11) is 0. The average molecular weight is 191 g/mol. The number of hydrogen-bond acceptors (Lipinski definition) is 1. The fraction of sp³-hybridized carbons (Fsp3) is 0.417. The van der Waals surface area contributed by atoms with Gasteiger partial charge < -0.3 is 5.21 Å². The molecular formula is C12H17NO. The fourth-order valence-electron chi connectivity index (χ4n) is 0.982. The van der Waals surface area contributed by atoms with Crippen LogP contribution < -0.4 is 0 Å². The maximum Gasteiger partial charge on any atom is 0.182 e. The van der Waals surface area contributed by atoms with Gasteiger partial charge in [0.1, 0.15) is 0 Å². The molecule has 2 heteroatoms. The second-order valence-electron chi connectivity index (χ2n) is 4.54. The van der Waals surface area contributed by atoms with Gasteiger partial charge in [-0.25, -0.2) is 4.74 Å². The van der Waals surface area contributed by atoms with Crippen LogP contribution in [0, 0.1) is 12.1 Å². The predicted octanol–water partition coefficient (Wildman–Crippen LogP) is 2.72. The Kier molecular flexibility index (Phi) is 2.94. The Labute approximate surface area is 85.5 Å². The van der Waals surface area contributed by atoms with Crippen LogP contribution in [0.4, 0.5) is 0 Å². The van der Waals surface area contributed by atoms with Gasteiger partial charge in [0, 0.05) is 26.3 Å². The number of rotatable bonds is 1. The third-order valence-corrected chi connectivity index (χ3v) is 2.00. The Morgan fingerprint density at radius 2 is 1.64 bits per heavy atom. The highest BCUT2D eigenvalue weighted by Crippen LogP contribution is 2.06. The Morgan fingerprint density at radius 1 is 1.14 bits per heavy atom.